The van der Waals surface area contributed by atoms with Gasteiger partial charge in [0.15, 0.2) is 0 Å². The topological polar surface area (TPSA) is 88.8 Å². The fraction of sp³-hybridized carbons (Fsp3) is 0.100. The first-order valence-electron chi connectivity index (χ1n) is 8.61. The Labute approximate surface area is 183 Å². The second kappa shape index (κ2) is 8.69. The zero-order chi connectivity index (χ0) is 20.4. The summed E-state index contributed by atoms with van der Waals surface area (Å²) in [6.45, 7) is 0. The van der Waals surface area contributed by atoms with Gasteiger partial charge < -0.3 is 0 Å². The third-order valence-electron chi connectivity index (χ3n) is 4.31. The summed E-state index contributed by atoms with van der Waals surface area (Å²) in [5.74, 6) is 0.511. The Bertz CT molecular complexity index is 1210. The summed E-state index contributed by atoms with van der Waals surface area (Å²) >= 11 is -0.110. The van der Waals surface area contributed by atoms with Crippen LogP contribution < -0.4 is 23.0 Å². The van der Waals surface area contributed by atoms with Crippen molar-refractivity contribution in [1.82, 2.24) is 14.6 Å². The number of allylic oxidation sites excluding steroid dienone is 2. The first-order valence-corrected chi connectivity index (χ1v) is 17.2. The summed E-state index contributed by atoms with van der Waals surface area (Å²) in [6.07, 6.45) is 7.07. The first-order chi connectivity index (χ1) is 14.1. The first kappa shape index (κ1) is 20.1. The van der Waals surface area contributed by atoms with Gasteiger partial charge >= 0.3 is 177 Å². The van der Waals surface area contributed by atoms with Gasteiger partial charge in [0.1, 0.15) is 0 Å². The molecule has 3 aromatic rings. The summed E-state index contributed by atoms with van der Waals surface area (Å²) < 4.78 is 19.6. The fourth-order valence-corrected chi connectivity index (χ4v) is 11.2. The molecule has 0 saturated heterocycles. The molecule has 1 aromatic carbocycles. The van der Waals surface area contributed by atoms with Crippen LogP contribution in [0.2, 0.25) is 0 Å². The van der Waals surface area contributed by atoms with E-state index in [4.69, 9.17) is 5.73 Å². The van der Waals surface area contributed by atoms with Crippen LogP contribution in [-0.2, 0) is 6.42 Å². The standard InChI is InChI=1S/C20H17FI2N5O/c1-25-10-15(9-24)14-7-17(21)20-27-26-19(28(20)11-14)5-12-2-3-18-13(4-12)6-16(29)8-22-23-18/h2-4,6-11,29H,5,24H2,1H3/q-1. The molecule has 6 nitrogen and oxygen atoms in total. The van der Waals surface area contributed by atoms with Crippen LogP contribution in [0.5, 0.6) is 0 Å². The average Bonchev–Trinajstić information content (AvgIpc) is 3.00. The SMILES string of the molecule is CN=CC(=CN)c1cc(F)c2nnc(Cc3ccc4c(c3)C=C(O)C=I[I-]4)n2c1. The Balaban J connectivity index is 1.74. The molecule has 0 radical (unpaired) electrons. The van der Waals surface area contributed by atoms with Gasteiger partial charge in [0.2, 0.25) is 0 Å². The van der Waals surface area contributed by atoms with Gasteiger partial charge in [0.05, 0.1) is 0 Å². The molecule has 4 rings (SSSR count). The number of rotatable bonds is 4. The third kappa shape index (κ3) is 4.25. The number of pyridine rings is 1. The summed E-state index contributed by atoms with van der Waals surface area (Å²) in [4.78, 5) is 3.97. The van der Waals surface area contributed by atoms with Crippen molar-refractivity contribution in [3.63, 3.8) is 0 Å². The van der Waals surface area contributed by atoms with Crippen molar-refractivity contribution >= 4 is 44.3 Å². The van der Waals surface area contributed by atoms with Crippen molar-refractivity contribution in [2.24, 2.45) is 10.7 Å². The third-order valence-corrected chi connectivity index (χ3v) is 12.9. The van der Waals surface area contributed by atoms with Crippen molar-refractivity contribution in [2.45, 2.75) is 6.42 Å². The van der Waals surface area contributed by atoms with Crippen LogP contribution in [0.25, 0.3) is 17.3 Å². The van der Waals surface area contributed by atoms with E-state index in [2.05, 4.69) is 33.4 Å². The Morgan fingerprint density at radius 1 is 1.38 bits per heavy atom. The maximum atomic E-state index is 14.6. The van der Waals surface area contributed by atoms with E-state index in [0.29, 0.717) is 29.1 Å². The average molecular weight is 616 g/mol. The van der Waals surface area contributed by atoms with Crippen molar-refractivity contribution in [3.8, 4) is 0 Å². The summed E-state index contributed by atoms with van der Waals surface area (Å²) in [5.41, 5.74) is 9.15. The molecule has 3 N–H and O–H groups in total. The predicted molar refractivity (Wildman–Crippen MR) is 118 cm³/mol. The molecule has 0 aliphatic carbocycles. The van der Waals surface area contributed by atoms with E-state index in [1.54, 1.807) is 23.9 Å². The number of hydrogen-bond donors (Lipinski definition) is 2. The van der Waals surface area contributed by atoms with E-state index < -0.39 is 5.82 Å². The zero-order valence-electron chi connectivity index (χ0n) is 15.4. The zero-order valence-corrected chi connectivity index (χ0v) is 19.7. The molecule has 1 aliphatic rings. The molecule has 29 heavy (non-hydrogen) atoms. The minimum atomic E-state index is -0.468. The quantitative estimate of drug-likeness (QED) is 0.327. The number of fused-ring (bicyclic) bond motifs is 2. The van der Waals surface area contributed by atoms with E-state index in [9.17, 15) is 9.50 Å². The van der Waals surface area contributed by atoms with Crippen LogP contribution in [0.15, 0.2) is 47.4 Å². The molecule has 3 heterocycles. The van der Waals surface area contributed by atoms with E-state index >= 15 is 0 Å². The number of benzene rings is 1. The molecule has 0 saturated carbocycles. The molecule has 0 amide bonds. The molecule has 2 aromatic heterocycles. The fourth-order valence-electron chi connectivity index (χ4n) is 2.99. The number of hydrogen-bond acceptors (Lipinski definition) is 5. The molecule has 0 spiro atoms. The molecule has 0 fully saturated rings. The van der Waals surface area contributed by atoms with Crippen molar-refractivity contribution < 1.29 is 26.7 Å². The van der Waals surface area contributed by atoms with Crippen LogP contribution in [-0.4, -0.2) is 37.0 Å². The molecule has 0 unspecified atom stereocenters. The van der Waals surface area contributed by atoms with Gasteiger partial charge in [-0.25, -0.2) is 0 Å². The monoisotopic (exact) mass is 616 g/mol. The van der Waals surface area contributed by atoms with Crippen LogP contribution in [0.1, 0.15) is 22.5 Å². The Kier molecular flexibility index (Phi) is 6.04. The number of aliphatic imine (C=N–C) groups is 1. The van der Waals surface area contributed by atoms with E-state index in [1.165, 1.54) is 15.8 Å². The number of aromatic nitrogens is 3. The maximum absolute atomic E-state index is 14.6. The van der Waals surface area contributed by atoms with Gasteiger partial charge in [-0.15, -0.1) is 0 Å². The second-order valence-corrected chi connectivity index (χ2v) is 14.8. The Hall–Kier alpha value is -2.15. The van der Waals surface area contributed by atoms with Crippen LogP contribution >= 0.6 is 16.8 Å². The van der Waals surface area contributed by atoms with Gasteiger partial charge in [0.25, 0.3) is 0 Å². The summed E-state index contributed by atoms with van der Waals surface area (Å²) in [6, 6.07) is 7.68. The van der Waals surface area contributed by atoms with Crippen molar-refractivity contribution in [3.05, 3.63) is 74.3 Å². The number of aliphatic hydroxyl groups excluding tert-OH is 1. The number of nitrogens with two attached hydrogens (primary N) is 1. The molecular weight excluding hydrogens is 599 g/mol. The van der Waals surface area contributed by atoms with Crippen LogP contribution in [0.3, 0.4) is 0 Å². The molecule has 9 heteroatoms. The number of halogens is 3. The Morgan fingerprint density at radius 2 is 2.24 bits per heavy atom. The molecular formula is C20H17FI2N5O-. The van der Waals surface area contributed by atoms with Gasteiger partial charge in [-0.1, -0.05) is 0 Å². The molecule has 150 valence electrons. The van der Waals surface area contributed by atoms with Gasteiger partial charge in [0, 0.05) is 7.05 Å². The van der Waals surface area contributed by atoms with Gasteiger partial charge in [-0.2, -0.15) is 0 Å². The van der Waals surface area contributed by atoms with Gasteiger partial charge in [-0.05, 0) is 0 Å². The summed E-state index contributed by atoms with van der Waals surface area (Å²) in [5, 5.41) is 18.2. The second-order valence-electron chi connectivity index (χ2n) is 6.26. The van der Waals surface area contributed by atoms with Crippen molar-refractivity contribution in [2.75, 3.05) is 7.05 Å². The van der Waals surface area contributed by atoms with E-state index in [1.807, 2.05) is 10.1 Å². The van der Waals surface area contributed by atoms with Gasteiger partial charge in [-0.3, -0.25) is 0 Å². The molecule has 0 bridgehead atoms. The van der Waals surface area contributed by atoms with E-state index in [-0.39, 0.29) is 39.6 Å². The molecule has 1 aliphatic heterocycles. The van der Waals surface area contributed by atoms with E-state index in [0.717, 1.165) is 11.1 Å². The van der Waals surface area contributed by atoms with Crippen molar-refractivity contribution in [1.29, 1.82) is 0 Å². The van der Waals surface area contributed by atoms with Crippen LogP contribution in [0.4, 0.5) is 4.39 Å². The normalized spacial score (nSPS) is 14.8. The number of nitrogens with zero attached hydrogens (tertiary/aromatic N) is 4. The minimum absolute atomic E-state index is 0.0456. The summed E-state index contributed by atoms with van der Waals surface area (Å²) in [7, 11) is 1.63. The Morgan fingerprint density at radius 3 is 3.03 bits per heavy atom. The predicted octanol–water partition coefficient (Wildman–Crippen LogP) is 0.318. The number of aliphatic hydroxyl groups is 1. The molecule has 0 atom stereocenters. The van der Waals surface area contributed by atoms with Crippen LogP contribution in [0, 0.1) is 9.39 Å².